The molecule has 1 heterocycles. The first-order valence-electron chi connectivity index (χ1n) is 7.87. The van der Waals surface area contributed by atoms with Gasteiger partial charge in [-0.3, -0.25) is 0 Å². The van der Waals surface area contributed by atoms with Crippen molar-refractivity contribution in [1.82, 2.24) is 5.32 Å². The molecule has 2 rings (SSSR count). The molecule has 1 aromatic carbocycles. The summed E-state index contributed by atoms with van der Waals surface area (Å²) in [6, 6.07) is 11.3. The number of aryl methyl sites for hydroxylation is 1. The first-order valence-corrected chi connectivity index (χ1v) is 7.87. The van der Waals surface area contributed by atoms with Crippen LogP contribution >= 0.6 is 0 Å². The second-order valence-corrected chi connectivity index (χ2v) is 6.28. The van der Waals surface area contributed by atoms with Crippen LogP contribution in [0.1, 0.15) is 62.6 Å². The number of hydrogen-bond donors (Lipinski definition) is 1. The minimum atomic E-state index is 0.201. The molecule has 0 aliphatic heterocycles. The molecule has 2 aromatic rings. The molecule has 1 atom stereocenters. The van der Waals surface area contributed by atoms with Crippen molar-refractivity contribution in [3.63, 3.8) is 0 Å². The molecule has 0 saturated heterocycles. The van der Waals surface area contributed by atoms with E-state index in [-0.39, 0.29) is 11.5 Å². The van der Waals surface area contributed by atoms with Gasteiger partial charge in [0.25, 0.3) is 0 Å². The van der Waals surface area contributed by atoms with Crippen molar-refractivity contribution in [2.45, 2.75) is 52.5 Å². The topological polar surface area (TPSA) is 25.2 Å². The standard InChI is InChI=1S/C19H27NO/c1-6-19(4,5)16-10-8-15(9-11-16)18(20-7-2)17-12-13-21-14(17)3/h8-13,18,20H,6-7H2,1-5H3. The molecule has 0 amide bonds. The van der Waals surface area contributed by atoms with Crippen molar-refractivity contribution in [1.29, 1.82) is 0 Å². The molecule has 114 valence electrons. The molecule has 0 fully saturated rings. The predicted molar refractivity (Wildman–Crippen MR) is 88.7 cm³/mol. The second-order valence-electron chi connectivity index (χ2n) is 6.28. The van der Waals surface area contributed by atoms with E-state index < -0.39 is 0 Å². The maximum atomic E-state index is 5.47. The van der Waals surface area contributed by atoms with Gasteiger partial charge in [0.2, 0.25) is 0 Å². The summed E-state index contributed by atoms with van der Waals surface area (Å²) in [5.41, 5.74) is 4.14. The highest BCUT2D eigenvalue weighted by atomic mass is 16.3. The molecule has 0 spiro atoms. The molecule has 0 bridgehead atoms. The lowest BCUT2D eigenvalue weighted by Crippen LogP contribution is -2.22. The van der Waals surface area contributed by atoms with Crippen LogP contribution < -0.4 is 5.32 Å². The fourth-order valence-corrected chi connectivity index (χ4v) is 2.64. The Morgan fingerprint density at radius 2 is 1.76 bits per heavy atom. The van der Waals surface area contributed by atoms with E-state index in [9.17, 15) is 0 Å². The van der Waals surface area contributed by atoms with Gasteiger partial charge >= 0.3 is 0 Å². The van der Waals surface area contributed by atoms with Crippen LogP contribution in [0.3, 0.4) is 0 Å². The maximum absolute atomic E-state index is 5.47. The molecule has 2 heteroatoms. The second kappa shape index (κ2) is 6.48. The smallest absolute Gasteiger partial charge is 0.105 e. The van der Waals surface area contributed by atoms with Gasteiger partial charge in [0.1, 0.15) is 5.76 Å². The molecule has 1 N–H and O–H groups in total. The summed E-state index contributed by atoms with van der Waals surface area (Å²) in [7, 11) is 0. The third kappa shape index (κ3) is 3.38. The Labute approximate surface area is 128 Å². The molecular formula is C19H27NO. The van der Waals surface area contributed by atoms with E-state index >= 15 is 0 Å². The maximum Gasteiger partial charge on any atom is 0.105 e. The van der Waals surface area contributed by atoms with Crippen molar-refractivity contribution >= 4 is 0 Å². The van der Waals surface area contributed by atoms with Crippen LogP contribution in [0.25, 0.3) is 0 Å². The zero-order chi connectivity index (χ0) is 15.5. The highest BCUT2D eigenvalue weighted by Crippen LogP contribution is 2.30. The summed E-state index contributed by atoms with van der Waals surface area (Å²) >= 11 is 0. The van der Waals surface area contributed by atoms with E-state index in [1.807, 2.05) is 6.92 Å². The molecule has 0 aliphatic carbocycles. The van der Waals surface area contributed by atoms with Gasteiger partial charge in [-0.15, -0.1) is 0 Å². The molecule has 0 radical (unpaired) electrons. The monoisotopic (exact) mass is 285 g/mol. The van der Waals surface area contributed by atoms with Crippen LogP contribution in [0, 0.1) is 6.92 Å². The quantitative estimate of drug-likeness (QED) is 0.810. The van der Waals surface area contributed by atoms with E-state index in [0.717, 1.165) is 18.7 Å². The van der Waals surface area contributed by atoms with Gasteiger partial charge in [0, 0.05) is 5.56 Å². The van der Waals surface area contributed by atoms with Gasteiger partial charge in [-0.05, 0) is 42.5 Å². The molecule has 1 unspecified atom stereocenters. The number of nitrogens with one attached hydrogen (secondary N) is 1. The van der Waals surface area contributed by atoms with Crippen LogP contribution in [-0.4, -0.2) is 6.54 Å². The Morgan fingerprint density at radius 1 is 1.10 bits per heavy atom. The lowest BCUT2D eigenvalue weighted by atomic mass is 9.81. The molecule has 0 saturated carbocycles. The molecule has 1 aromatic heterocycles. The summed E-state index contributed by atoms with van der Waals surface area (Å²) in [4.78, 5) is 0. The number of hydrogen-bond acceptors (Lipinski definition) is 2. The Kier molecular flexibility index (Phi) is 4.89. The fourth-order valence-electron chi connectivity index (χ4n) is 2.64. The minimum absolute atomic E-state index is 0.201. The van der Waals surface area contributed by atoms with E-state index in [0.29, 0.717) is 0 Å². The molecular weight excluding hydrogens is 258 g/mol. The lowest BCUT2D eigenvalue weighted by molar-refractivity contribution is 0.505. The molecule has 21 heavy (non-hydrogen) atoms. The van der Waals surface area contributed by atoms with Crippen LogP contribution in [0.15, 0.2) is 41.0 Å². The van der Waals surface area contributed by atoms with Crippen LogP contribution in [-0.2, 0) is 5.41 Å². The van der Waals surface area contributed by atoms with Crippen molar-refractivity contribution in [3.8, 4) is 0 Å². The van der Waals surface area contributed by atoms with Crippen LogP contribution in [0.5, 0.6) is 0 Å². The summed E-state index contributed by atoms with van der Waals surface area (Å²) in [5.74, 6) is 0.985. The van der Waals surface area contributed by atoms with Gasteiger partial charge in [-0.25, -0.2) is 0 Å². The average Bonchev–Trinajstić information content (AvgIpc) is 2.91. The van der Waals surface area contributed by atoms with Crippen LogP contribution in [0.4, 0.5) is 0 Å². The Hall–Kier alpha value is -1.54. The largest absolute Gasteiger partial charge is 0.469 e. The molecule has 0 aliphatic rings. The van der Waals surface area contributed by atoms with Gasteiger partial charge in [0.15, 0.2) is 0 Å². The average molecular weight is 285 g/mol. The summed E-state index contributed by atoms with van der Waals surface area (Å²) in [5, 5.41) is 3.55. The Balaban J connectivity index is 2.32. The third-order valence-corrected chi connectivity index (χ3v) is 4.53. The third-order valence-electron chi connectivity index (χ3n) is 4.53. The first kappa shape index (κ1) is 15.8. The van der Waals surface area contributed by atoms with E-state index in [2.05, 4.69) is 63.3 Å². The summed E-state index contributed by atoms with van der Waals surface area (Å²) < 4.78 is 5.47. The number of benzene rings is 1. The predicted octanol–water partition coefficient (Wildman–Crippen LogP) is 4.97. The summed E-state index contributed by atoms with van der Waals surface area (Å²) in [6.45, 7) is 11.9. The van der Waals surface area contributed by atoms with Gasteiger partial charge in [-0.2, -0.15) is 0 Å². The van der Waals surface area contributed by atoms with Crippen LogP contribution in [0.2, 0.25) is 0 Å². The van der Waals surface area contributed by atoms with Crippen molar-refractivity contribution in [2.24, 2.45) is 0 Å². The van der Waals surface area contributed by atoms with Crippen molar-refractivity contribution in [2.75, 3.05) is 6.54 Å². The van der Waals surface area contributed by atoms with E-state index in [1.54, 1.807) is 6.26 Å². The first-order chi connectivity index (χ1) is 9.99. The molecule has 2 nitrogen and oxygen atoms in total. The number of furan rings is 1. The van der Waals surface area contributed by atoms with Gasteiger partial charge < -0.3 is 9.73 Å². The Morgan fingerprint density at radius 3 is 2.24 bits per heavy atom. The Bertz CT molecular complexity index is 566. The van der Waals surface area contributed by atoms with Gasteiger partial charge in [0.05, 0.1) is 12.3 Å². The van der Waals surface area contributed by atoms with Gasteiger partial charge in [-0.1, -0.05) is 52.0 Å². The van der Waals surface area contributed by atoms with Crippen molar-refractivity contribution < 1.29 is 4.42 Å². The van der Waals surface area contributed by atoms with E-state index in [4.69, 9.17) is 4.42 Å². The van der Waals surface area contributed by atoms with E-state index in [1.165, 1.54) is 16.7 Å². The number of rotatable bonds is 6. The zero-order valence-electron chi connectivity index (χ0n) is 13.9. The lowest BCUT2D eigenvalue weighted by Gasteiger charge is -2.25. The zero-order valence-corrected chi connectivity index (χ0v) is 13.9. The normalized spacial score (nSPS) is 13.4. The SMILES string of the molecule is CCNC(c1ccc(C(C)(C)CC)cc1)c1ccoc1C. The summed E-state index contributed by atoms with van der Waals surface area (Å²) in [6.07, 6.45) is 2.91. The highest BCUT2D eigenvalue weighted by molar-refractivity contribution is 5.36. The van der Waals surface area contributed by atoms with Crippen molar-refractivity contribution in [3.05, 3.63) is 59.0 Å². The minimum Gasteiger partial charge on any atom is -0.469 e. The fraction of sp³-hybridized carbons (Fsp3) is 0.474. The highest BCUT2D eigenvalue weighted by Gasteiger charge is 2.20.